The first kappa shape index (κ1) is 16.5. The molecule has 21 heavy (non-hydrogen) atoms. The third-order valence-corrected chi connectivity index (χ3v) is 3.30. The fraction of sp³-hybridized carbons (Fsp3) is 0.909. The van der Waals surface area contributed by atoms with Crippen molar-refractivity contribution >= 4 is 5.91 Å². The van der Waals surface area contributed by atoms with Gasteiger partial charge in [0.15, 0.2) is 0 Å². The number of aliphatic hydroxyl groups excluding tert-OH is 2. The van der Waals surface area contributed by atoms with Crippen LogP contribution in [0, 0.1) is 0 Å². The van der Waals surface area contributed by atoms with Gasteiger partial charge in [0.25, 0.3) is 0 Å². The Balaban J connectivity index is 1.90. The van der Waals surface area contributed by atoms with Gasteiger partial charge < -0.3 is 30.1 Å². The average molecular weight is 307 g/mol. The minimum Gasteiger partial charge on any atom is -0.393 e. The van der Waals surface area contributed by atoms with Crippen LogP contribution >= 0.6 is 0 Å². The second-order valence-electron chi connectivity index (χ2n) is 4.86. The summed E-state index contributed by atoms with van der Waals surface area (Å²) in [4.78, 5) is 16.5. The molecule has 2 aliphatic heterocycles. The van der Waals surface area contributed by atoms with Crippen LogP contribution in [0.2, 0.25) is 0 Å². The van der Waals surface area contributed by atoms with E-state index in [4.69, 9.17) is 19.4 Å². The number of ether oxygens (including phenoxy) is 2. The Kier molecular flexibility index (Phi) is 5.46. The molecule has 6 N–H and O–H groups in total. The van der Waals surface area contributed by atoms with Crippen LogP contribution in [-0.2, 0) is 19.1 Å². The highest BCUT2D eigenvalue weighted by Gasteiger charge is 2.70. The van der Waals surface area contributed by atoms with Gasteiger partial charge in [-0.2, -0.15) is 5.48 Å². The van der Waals surface area contributed by atoms with Crippen LogP contribution in [0.3, 0.4) is 0 Å². The van der Waals surface area contributed by atoms with E-state index in [-0.39, 0.29) is 12.6 Å². The Morgan fingerprint density at radius 1 is 1.38 bits per heavy atom. The second kappa shape index (κ2) is 6.94. The maximum absolute atomic E-state index is 11.2. The molecule has 2 rings (SSSR count). The number of carbonyl (C=O) groups excluding carboxylic acids is 1. The number of amides is 1. The maximum Gasteiger partial charge on any atom is 0.224 e. The molecular weight excluding hydrogens is 286 g/mol. The summed E-state index contributed by atoms with van der Waals surface area (Å²) >= 11 is 0. The molecule has 0 aliphatic carbocycles. The largest absolute Gasteiger partial charge is 0.393 e. The van der Waals surface area contributed by atoms with E-state index in [1.54, 1.807) is 0 Å². The van der Waals surface area contributed by atoms with E-state index in [0.717, 1.165) is 0 Å². The van der Waals surface area contributed by atoms with Crippen molar-refractivity contribution in [2.45, 2.75) is 37.3 Å². The van der Waals surface area contributed by atoms with Crippen LogP contribution in [0.4, 0.5) is 0 Å². The number of aliphatic hydroxyl groups is 3. The first-order valence-corrected chi connectivity index (χ1v) is 6.66. The van der Waals surface area contributed by atoms with Gasteiger partial charge in [0, 0.05) is 20.0 Å². The standard InChI is InChI=1S/C11H21N3O7/c1-6(17)14-8-9-11(18,20-9)7(4-15)19-10(8)21-13-3-2-12-5-16/h7-10,12-13,15-16,18H,2-5H2,1H3,(H,14,17)/t7?,8?,9?,10-,11+/m0/s1. The summed E-state index contributed by atoms with van der Waals surface area (Å²) in [6.07, 6.45) is -2.57. The summed E-state index contributed by atoms with van der Waals surface area (Å²) in [6.45, 7) is 1.58. The molecule has 0 aromatic carbocycles. The van der Waals surface area contributed by atoms with E-state index in [1.807, 2.05) is 0 Å². The number of carbonyl (C=O) groups is 1. The number of epoxide rings is 1. The van der Waals surface area contributed by atoms with Gasteiger partial charge in [-0.05, 0) is 0 Å². The van der Waals surface area contributed by atoms with Crippen molar-refractivity contribution in [2.24, 2.45) is 0 Å². The zero-order chi connectivity index (χ0) is 15.5. The fourth-order valence-electron chi connectivity index (χ4n) is 2.26. The molecule has 0 bridgehead atoms. The highest BCUT2D eigenvalue weighted by atomic mass is 16.8. The number of hydrogen-bond acceptors (Lipinski definition) is 9. The number of hydrogen-bond donors (Lipinski definition) is 6. The molecule has 0 aromatic heterocycles. The Bertz CT molecular complexity index is 372. The molecule has 0 aromatic rings. The van der Waals surface area contributed by atoms with E-state index in [1.165, 1.54) is 6.92 Å². The normalized spacial score (nSPS) is 37.9. The lowest BCUT2D eigenvalue weighted by molar-refractivity contribution is -0.263. The van der Waals surface area contributed by atoms with Crippen molar-refractivity contribution in [3.8, 4) is 0 Å². The molecule has 0 radical (unpaired) electrons. The van der Waals surface area contributed by atoms with Gasteiger partial charge in [0.1, 0.15) is 18.2 Å². The molecule has 2 aliphatic rings. The topological polar surface area (TPSA) is 145 Å². The van der Waals surface area contributed by atoms with E-state index in [9.17, 15) is 15.0 Å². The SMILES string of the molecule is CC(=O)NC1C2O[C@]2(O)C(CO)O[C@H]1ONCCNCO. The highest BCUT2D eigenvalue weighted by Crippen LogP contribution is 2.45. The summed E-state index contributed by atoms with van der Waals surface area (Å²) in [6, 6.07) is -0.700. The summed E-state index contributed by atoms with van der Waals surface area (Å²) in [5.74, 6) is -1.92. The minimum atomic E-state index is -1.60. The van der Waals surface area contributed by atoms with Crippen molar-refractivity contribution in [2.75, 3.05) is 26.4 Å². The number of rotatable bonds is 8. The molecule has 5 atom stereocenters. The monoisotopic (exact) mass is 307 g/mol. The van der Waals surface area contributed by atoms with Gasteiger partial charge in [0.2, 0.25) is 18.0 Å². The number of fused-ring (bicyclic) bond motifs is 1. The summed E-state index contributed by atoms with van der Waals surface area (Å²) in [7, 11) is 0. The molecule has 2 saturated heterocycles. The third-order valence-electron chi connectivity index (χ3n) is 3.30. The minimum absolute atomic E-state index is 0.147. The molecule has 0 spiro atoms. The smallest absolute Gasteiger partial charge is 0.224 e. The van der Waals surface area contributed by atoms with Crippen LogP contribution in [0.1, 0.15) is 6.92 Å². The van der Waals surface area contributed by atoms with E-state index in [0.29, 0.717) is 13.1 Å². The van der Waals surface area contributed by atoms with Gasteiger partial charge in [-0.1, -0.05) is 0 Å². The first-order chi connectivity index (χ1) is 10.0. The van der Waals surface area contributed by atoms with Gasteiger partial charge in [0.05, 0.1) is 13.3 Å². The van der Waals surface area contributed by atoms with Crippen LogP contribution in [0.25, 0.3) is 0 Å². The molecule has 3 unspecified atom stereocenters. The molecule has 122 valence electrons. The lowest BCUT2D eigenvalue weighted by Crippen LogP contribution is -2.60. The van der Waals surface area contributed by atoms with Crippen molar-refractivity contribution in [1.82, 2.24) is 16.1 Å². The Morgan fingerprint density at radius 3 is 2.76 bits per heavy atom. The van der Waals surface area contributed by atoms with Gasteiger partial charge in [-0.25, -0.2) is 0 Å². The van der Waals surface area contributed by atoms with Crippen molar-refractivity contribution in [3.63, 3.8) is 0 Å². The molecule has 0 saturated carbocycles. The predicted octanol–water partition coefficient (Wildman–Crippen LogP) is -3.64. The van der Waals surface area contributed by atoms with E-state index >= 15 is 0 Å². The number of nitrogens with one attached hydrogen (secondary N) is 3. The molecule has 1 amide bonds. The average Bonchev–Trinajstić information content (AvgIpc) is 3.13. The summed E-state index contributed by atoms with van der Waals surface area (Å²) < 4.78 is 10.6. The maximum atomic E-state index is 11.2. The Labute approximate surface area is 121 Å². The van der Waals surface area contributed by atoms with Crippen molar-refractivity contribution in [3.05, 3.63) is 0 Å². The Morgan fingerprint density at radius 2 is 2.14 bits per heavy atom. The van der Waals surface area contributed by atoms with E-state index < -0.39 is 36.9 Å². The quantitative estimate of drug-likeness (QED) is 0.116. The van der Waals surface area contributed by atoms with Gasteiger partial charge in [-0.15, -0.1) is 0 Å². The van der Waals surface area contributed by atoms with Crippen molar-refractivity contribution < 1.29 is 34.4 Å². The van der Waals surface area contributed by atoms with Gasteiger partial charge >= 0.3 is 0 Å². The predicted molar refractivity (Wildman–Crippen MR) is 67.4 cm³/mol. The summed E-state index contributed by atoms with van der Waals surface area (Å²) in [5.41, 5.74) is 2.62. The molecule has 10 heteroatoms. The Hall–Kier alpha value is -0.850. The third kappa shape index (κ3) is 3.67. The molecule has 10 nitrogen and oxygen atoms in total. The first-order valence-electron chi connectivity index (χ1n) is 6.66. The highest BCUT2D eigenvalue weighted by molar-refractivity contribution is 5.73. The van der Waals surface area contributed by atoms with Crippen molar-refractivity contribution in [1.29, 1.82) is 0 Å². The zero-order valence-corrected chi connectivity index (χ0v) is 11.6. The van der Waals surface area contributed by atoms with Crippen LogP contribution in [0.15, 0.2) is 0 Å². The zero-order valence-electron chi connectivity index (χ0n) is 11.6. The number of hydroxylamine groups is 1. The molecule has 2 fully saturated rings. The lowest BCUT2D eigenvalue weighted by Gasteiger charge is -2.34. The lowest BCUT2D eigenvalue weighted by atomic mass is 10.0. The second-order valence-corrected chi connectivity index (χ2v) is 4.86. The van der Waals surface area contributed by atoms with Crippen LogP contribution in [0.5, 0.6) is 0 Å². The van der Waals surface area contributed by atoms with E-state index in [2.05, 4.69) is 16.1 Å². The fourth-order valence-corrected chi connectivity index (χ4v) is 2.26. The molecular formula is C11H21N3O7. The summed E-state index contributed by atoms with van der Waals surface area (Å²) in [5, 5.41) is 33.1. The van der Waals surface area contributed by atoms with Crippen LogP contribution < -0.4 is 16.1 Å². The van der Waals surface area contributed by atoms with Gasteiger partial charge in [-0.3, -0.25) is 14.9 Å². The molecule has 2 heterocycles. The van der Waals surface area contributed by atoms with Crippen LogP contribution in [-0.4, -0.2) is 78.0 Å².